The minimum atomic E-state index is -0.264. The topological polar surface area (TPSA) is 81.7 Å². The second-order valence-electron chi connectivity index (χ2n) is 8.74. The van der Waals surface area contributed by atoms with Crippen molar-refractivity contribution < 1.29 is 9.59 Å². The number of nitriles is 2. The van der Waals surface area contributed by atoms with Crippen LogP contribution in [0.15, 0.2) is 35.0 Å². The number of ketones is 2. The molecule has 0 atom stereocenters. The van der Waals surface area contributed by atoms with E-state index in [2.05, 4.69) is 19.1 Å². The molecule has 0 spiro atoms. The lowest BCUT2D eigenvalue weighted by Crippen LogP contribution is -2.15. The smallest absolute Gasteiger partial charge is 0.174 e. The molecule has 0 aliphatic carbocycles. The molecule has 4 rings (SSSR count). The molecule has 0 amide bonds. The summed E-state index contributed by atoms with van der Waals surface area (Å²) in [5.74, 6) is -0.368. The van der Waals surface area contributed by atoms with Gasteiger partial charge in [-0.25, -0.2) is 0 Å². The summed E-state index contributed by atoms with van der Waals surface area (Å²) in [6.45, 7) is 3.59. The molecule has 0 radical (unpaired) electrons. The first-order chi connectivity index (χ1) is 17.0. The maximum absolute atomic E-state index is 13.1. The van der Waals surface area contributed by atoms with E-state index in [4.69, 9.17) is 0 Å². The Hall–Kier alpha value is -3.32. The summed E-state index contributed by atoms with van der Waals surface area (Å²) < 4.78 is 1.74. The van der Waals surface area contributed by atoms with Crippen molar-refractivity contribution in [3.05, 3.63) is 45.5 Å². The number of Topliss-reactive ketones (excluding diaryl/α,β-unsaturated/α-hetero) is 2. The van der Waals surface area contributed by atoms with Gasteiger partial charge in [-0.15, -0.1) is 22.7 Å². The molecule has 6 heteroatoms. The molecule has 2 aromatic heterocycles. The quantitative estimate of drug-likeness (QED) is 0.246. The van der Waals surface area contributed by atoms with Crippen LogP contribution < -0.4 is 10.4 Å². The van der Waals surface area contributed by atoms with Gasteiger partial charge in [0.1, 0.15) is 23.3 Å². The largest absolute Gasteiger partial charge is 0.294 e. The molecule has 4 nitrogen and oxygen atoms in total. The van der Waals surface area contributed by atoms with Crippen LogP contribution in [0.1, 0.15) is 58.8 Å². The van der Waals surface area contributed by atoms with Crippen LogP contribution >= 0.6 is 22.7 Å². The average Bonchev–Trinajstić information content (AvgIpc) is 3.53. The molecular weight excluding hydrogens is 472 g/mol. The number of hydrogen-bond donors (Lipinski definition) is 0. The Morgan fingerprint density at radius 1 is 0.771 bits per heavy atom. The lowest BCUT2D eigenvalue weighted by molar-refractivity contribution is -0.114. The fourth-order valence-corrected chi connectivity index (χ4v) is 6.51. The molecule has 0 aliphatic heterocycles. The van der Waals surface area contributed by atoms with Gasteiger partial charge >= 0.3 is 0 Å². The minimum absolute atomic E-state index is 0.105. The van der Waals surface area contributed by atoms with Gasteiger partial charge in [-0.2, -0.15) is 10.5 Å². The molecule has 0 aliphatic rings. The second-order valence-corrected chi connectivity index (χ2v) is 10.6. The summed E-state index contributed by atoms with van der Waals surface area (Å²) in [6.07, 6.45) is 6.89. The number of carbonyl (C=O) groups is 2. The van der Waals surface area contributed by atoms with Crippen LogP contribution in [-0.4, -0.2) is 11.6 Å². The van der Waals surface area contributed by atoms with E-state index < -0.39 is 0 Å². The predicted octanol–water partition coefficient (Wildman–Crippen LogP) is 6.53. The number of carbonyl (C=O) groups excluding carboxylic acids is 2. The van der Waals surface area contributed by atoms with E-state index in [1.54, 1.807) is 0 Å². The summed E-state index contributed by atoms with van der Waals surface area (Å²) in [5.41, 5.74) is 0.360. The monoisotopic (exact) mass is 498 g/mol. The van der Waals surface area contributed by atoms with E-state index in [0.717, 1.165) is 50.2 Å². The summed E-state index contributed by atoms with van der Waals surface area (Å²) in [5, 5.41) is 28.6. The normalized spacial score (nSPS) is 13.0. The highest BCUT2D eigenvalue weighted by Crippen LogP contribution is 2.32. The van der Waals surface area contributed by atoms with Crippen LogP contribution in [0.3, 0.4) is 0 Å². The van der Waals surface area contributed by atoms with E-state index in [9.17, 15) is 20.1 Å². The average molecular weight is 499 g/mol. The van der Waals surface area contributed by atoms with Crippen LogP contribution in [0, 0.1) is 22.7 Å². The van der Waals surface area contributed by atoms with Crippen LogP contribution in [0.4, 0.5) is 0 Å². The first-order valence-electron chi connectivity index (χ1n) is 11.9. The molecule has 2 aromatic carbocycles. The molecule has 35 heavy (non-hydrogen) atoms. The van der Waals surface area contributed by atoms with Gasteiger partial charge in [-0.1, -0.05) is 39.0 Å². The highest BCUT2D eigenvalue weighted by Gasteiger charge is 2.17. The molecule has 176 valence electrons. The number of rotatable bonds is 9. The van der Waals surface area contributed by atoms with Crippen molar-refractivity contribution >= 4 is 76.3 Å². The van der Waals surface area contributed by atoms with Crippen molar-refractivity contribution in [2.24, 2.45) is 0 Å². The third kappa shape index (κ3) is 4.78. The van der Waals surface area contributed by atoms with Gasteiger partial charge in [-0.3, -0.25) is 9.59 Å². The zero-order valence-electron chi connectivity index (χ0n) is 19.9. The second kappa shape index (κ2) is 11.0. The molecule has 0 unspecified atom stereocenters. The van der Waals surface area contributed by atoms with Gasteiger partial charge in [-0.05, 0) is 59.1 Å². The van der Waals surface area contributed by atoms with E-state index in [-0.39, 0.29) is 22.7 Å². The first kappa shape index (κ1) is 24.8. The lowest BCUT2D eigenvalue weighted by atomic mass is 9.96. The third-order valence-electron chi connectivity index (χ3n) is 6.42. The molecule has 4 aromatic rings. The van der Waals surface area contributed by atoms with Crippen LogP contribution in [0.2, 0.25) is 0 Å². The number of thiophene rings is 2. The van der Waals surface area contributed by atoms with E-state index in [1.807, 2.05) is 35.0 Å². The van der Waals surface area contributed by atoms with Gasteiger partial charge in [0.05, 0.1) is 0 Å². The number of unbranched alkanes of at least 4 members (excludes halogenated alkanes) is 5. The standard InChI is InChI=1S/C29H26N2O2S2/c1-3-4-5-6-7-8-9-27(33)26(17-31)24-15-22-19-10-12-34-28(19)23(25(16-30)18(2)32)14-21(22)20-11-13-35-29(20)24/h10-15H,3-9H2,1-2H3/b25-23+,26-24+. The maximum Gasteiger partial charge on any atom is 0.174 e. The van der Waals surface area contributed by atoms with Gasteiger partial charge in [0.25, 0.3) is 0 Å². The van der Waals surface area contributed by atoms with E-state index in [0.29, 0.717) is 16.9 Å². The fourth-order valence-electron chi connectivity index (χ4n) is 4.64. The maximum atomic E-state index is 13.1. The van der Waals surface area contributed by atoms with Gasteiger partial charge < -0.3 is 0 Å². The van der Waals surface area contributed by atoms with Gasteiger partial charge in [0, 0.05) is 37.0 Å². The number of nitrogens with zero attached hydrogens (tertiary/aromatic N) is 2. The third-order valence-corrected chi connectivity index (χ3v) is 8.31. The van der Waals surface area contributed by atoms with E-state index >= 15 is 0 Å². The molecule has 2 heterocycles. The Morgan fingerprint density at radius 2 is 1.29 bits per heavy atom. The van der Waals surface area contributed by atoms with Crippen molar-refractivity contribution in [2.75, 3.05) is 0 Å². The molecule has 0 saturated heterocycles. The number of hydrogen-bond acceptors (Lipinski definition) is 6. The SMILES string of the molecule is CCCCCCCCC(=O)/C(C#N)=c1\cc2c3ccsc3/c(=C(\C#N)C(C)=O)cc2c2ccsc12. The Kier molecular flexibility index (Phi) is 7.76. The van der Waals surface area contributed by atoms with E-state index in [1.165, 1.54) is 48.9 Å². The molecule has 0 saturated carbocycles. The van der Waals surface area contributed by atoms with Crippen molar-refractivity contribution in [1.29, 1.82) is 10.5 Å². The molecular formula is C29H26N2O2S2. The Morgan fingerprint density at radius 3 is 1.80 bits per heavy atom. The van der Waals surface area contributed by atoms with Crippen LogP contribution in [0.25, 0.3) is 42.1 Å². The fraction of sp³-hybridized carbons (Fsp3) is 0.310. The summed E-state index contributed by atoms with van der Waals surface area (Å²) in [6, 6.07) is 12.1. The van der Waals surface area contributed by atoms with Crippen molar-refractivity contribution in [3.8, 4) is 12.1 Å². The van der Waals surface area contributed by atoms with Crippen molar-refractivity contribution in [2.45, 2.75) is 58.8 Å². The highest BCUT2D eigenvalue weighted by atomic mass is 32.1. The minimum Gasteiger partial charge on any atom is -0.294 e. The lowest BCUT2D eigenvalue weighted by Gasteiger charge is -2.07. The van der Waals surface area contributed by atoms with Crippen LogP contribution in [-0.2, 0) is 9.59 Å². The highest BCUT2D eigenvalue weighted by molar-refractivity contribution is 7.18. The molecule has 0 bridgehead atoms. The summed E-state index contributed by atoms with van der Waals surface area (Å²) in [7, 11) is 0. The molecule has 0 N–H and O–H groups in total. The van der Waals surface area contributed by atoms with Gasteiger partial charge in [0.2, 0.25) is 0 Å². The summed E-state index contributed by atoms with van der Waals surface area (Å²) >= 11 is 2.98. The van der Waals surface area contributed by atoms with Crippen LogP contribution in [0.5, 0.6) is 0 Å². The summed E-state index contributed by atoms with van der Waals surface area (Å²) in [4.78, 5) is 25.3. The van der Waals surface area contributed by atoms with Crippen molar-refractivity contribution in [3.63, 3.8) is 0 Å². The number of benzene rings is 2. The van der Waals surface area contributed by atoms with Crippen molar-refractivity contribution in [1.82, 2.24) is 0 Å². The Labute approximate surface area is 212 Å². The Bertz CT molecular complexity index is 1660. The number of fused-ring (bicyclic) bond motifs is 5. The molecule has 0 fully saturated rings. The van der Waals surface area contributed by atoms with Gasteiger partial charge in [0.15, 0.2) is 11.6 Å². The zero-order chi connectivity index (χ0) is 24.9. The zero-order valence-corrected chi connectivity index (χ0v) is 21.6. The predicted molar refractivity (Wildman–Crippen MR) is 146 cm³/mol. The Balaban J connectivity index is 1.93. The first-order valence-corrected chi connectivity index (χ1v) is 13.7.